The van der Waals surface area contributed by atoms with E-state index in [2.05, 4.69) is 5.32 Å². The Balaban J connectivity index is 4.63. The Morgan fingerprint density at radius 1 is 0.848 bits per heavy atom. The second kappa shape index (κ2) is 14.8. The summed E-state index contributed by atoms with van der Waals surface area (Å²) in [5.74, 6) is -0.293. The molecule has 0 bridgehead atoms. The van der Waals surface area contributed by atoms with Crippen LogP contribution in [-0.4, -0.2) is 76.2 Å². The van der Waals surface area contributed by atoms with Crippen LogP contribution in [0.15, 0.2) is 0 Å². The van der Waals surface area contributed by atoms with E-state index in [1.807, 2.05) is 69.4 Å². The van der Waals surface area contributed by atoms with Crippen molar-refractivity contribution in [3.8, 4) is 0 Å². The first-order valence-corrected chi connectivity index (χ1v) is 14.1. The Morgan fingerprint density at radius 3 is 1.82 bits per heavy atom. The molecule has 0 saturated heterocycles. The van der Waals surface area contributed by atoms with Gasteiger partial charge in [-0.3, -0.25) is 4.79 Å². The fourth-order valence-corrected chi connectivity index (χ4v) is 6.91. The maximum atomic E-state index is 11.7. The molecular weight excluding hydrogens is 442 g/mol. The summed E-state index contributed by atoms with van der Waals surface area (Å²) in [6.07, 6.45) is 1.85. The van der Waals surface area contributed by atoms with E-state index in [1.54, 1.807) is 0 Å². The molecule has 0 aromatic carbocycles. The van der Waals surface area contributed by atoms with Gasteiger partial charge in [0.1, 0.15) is 12.7 Å². The molecule has 1 atom stereocenters. The first-order chi connectivity index (χ1) is 15.0. The molecule has 2 N–H and O–H groups in total. The average molecular weight is 494 g/mol. The van der Waals surface area contributed by atoms with Gasteiger partial charge in [0.05, 0.1) is 23.4 Å². The van der Waals surface area contributed by atoms with Gasteiger partial charge in [-0.25, -0.2) is 0 Å². The van der Waals surface area contributed by atoms with Crippen molar-refractivity contribution in [3.05, 3.63) is 0 Å². The maximum Gasteiger partial charge on any atom is 0.502 e. The van der Waals surface area contributed by atoms with Crippen LogP contribution in [-0.2, 0) is 27.5 Å². The monoisotopic (exact) mass is 493 g/mol. The lowest BCUT2D eigenvalue weighted by Gasteiger charge is -2.43. The topological polar surface area (TPSA) is 95.5 Å². The van der Waals surface area contributed by atoms with Crippen LogP contribution in [0.25, 0.3) is 0 Å². The van der Waals surface area contributed by atoms with Crippen molar-refractivity contribution < 1.29 is 32.7 Å². The lowest BCUT2D eigenvalue weighted by molar-refractivity contribution is -0.148. The molecule has 8 nitrogen and oxygen atoms in total. The van der Waals surface area contributed by atoms with E-state index in [1.165, 1.54) is 0 Å². The van der Waals surface area contributed by atoms with Crippen LogP contribution >= 0.6 is 0 Å². The molecule has 33 heavy (non-hydrogen) atoms. The van der Waals surface area contributed by atoms with E-state index in [-0.39, 0.29) is 19.2 Å². The van der Waals surface area contributed by atoms with E-state index >= 15 is 0 Å². The molecule has 0 aromatic rings. The van der Waals surface area contributed by atoms with Gasteiger partial charge in [-0.15, -0.1) is 0 Å². The Bertz CT molecular complexity index is 498. The van der Waals surface area contributed by atoms with Gasteiger partial charge in [-0.05, 0) is 95.2 Å². The molecule has 0 heterocycles. The summed E-state index contributed by atoms with van der Waals surface area (Å²) in [6, 6.07) is 0.594. The van der Waals surface area contributed by atoms with Gasteiger partial charge in [0.2, 0.25) is 0 Å². The molecule has 0 spiro atoms. The van der Waals surface area contributed by atoms with Crippen LogP contribution in [0, 0.1) is 0 Å². The summed E-state index contributed by atoms with van der Waals surface area (Å²) < 4.78 is 30.1. The second-order valence-electron chi connectivity index (χ2n) is 11.4. The standard InChI is InChI=1S/C24H51NO7Si/c1-22(2,3)30-33(31-23(4,5)6,32-24(7,8)9)17-13-16-28-18-20(26)19-29-21(27)14-11-12-15-25-10/h20,25-26H,11-19H2,1-10H3. The molecule has 0 aliphatic rings. The largest absolute Gasteiger partial charge is 0.502 e. The number of aliphatic hydroxyl groups excluding tert-OH is 1. The molecule has 0 aromatic heterocycles. The summed E-state index contributed by atoms with van der Waals surface area (Å²) in [7, 11) is -1.17. The van der Waals surface area contributed by atoms with Crippen LogP contribution in [0.1, 0.15) is 88.0 Å². The van der Waals surface area contributed by atoms with E-state index < -0.39 is 31.7 Å². The molecule has 0 amide bonds. The molecule has 0 rings (SSSR count). The van der Waals surface area contributed by atoms with Gasteiger partial charge in [-0.2, -0.15) is 0 Å². The number of unbranched alkanes of at least 4 members (excludes halogenated alkanes) is 1. The Labute approximate surface area is 203 Å². The van der Waals surface area contributed by atoms with Gasteiger partial charge in [-0.1, -0.05) is 0 Å². The number of carbonyl (C=O) groups is 1. The summed E-state index contributed by atoms with van der Waals surface area (Å²) >= 11 is 0. The lowest BCUT2D eigenvalue weighted by Crippen LogP contribution is -2.57. The third-order valence-electron chi connectivity index (χ3n) is 3.96. The zero-order valence-corrected chi connectivity index (χ0v) is 23.8. The number of esters is 1. The van der Waals surface area contributed by atoms with Gasteiger partial charge in [0.15, 0.2) is 0 Å². The first-order valence-electron chi connectivity index (χ1n) is 12.1. The minimum Gasteiger partial charge on any atom is -0.463 e. The third-order valence-corrected chi connectivity index (χ3v) is 7.70. The average Bonchev–Trinajstić information content (AvgIpc) is 2.58. The molecule has 0 aliphatic carbocycles. The Morgan fingerprint density at radius 2 is 1.36 bits per heavy atom. The van der Waals surface area contributed by atoms with Crippen molar-refractivity contribution in [1.29, 1.82) is 0 Å². The number of hydrogen-bond donors (Lipinski definition) is 2. The van der Waals surface area contributed by atoms with Crippen molar-refractivity contribution in [2.75, 3.05) is 33.4 Å². The van der Waals surface area contributed by atoms with Crippen LogP contribution in [0.5, 0.6) is 0 Å². The first kappa shape index (κ1) is 32.4. The minimum absolute atomic E-state index is 0.0586. The number of nitrogens with one attached hydrogen (secondary N) is 1. The Hall–Kier alpha value is -0.553. The van der Waals surface area contributed by atoms with Crippen LogP contribution in [0.2, 0.25) is 6.04 Å². The predicted octanol–water partition coefficient (Wildman–Crippen LogP) is 4.07. The van der Waals surface area contributed by atoms with E-state index in [9.17, 15) is 9.90 Å². The highest BCUT2D eigenvalue weighted by atomic mass is 28.4. The zero-order chi connectivity index (χ0) is 25.8. The maximum absolute atomic E-state index is 11.7. The molecule has 0 aliphatic heterocycles. The normalized spacial score (nSPS) is 14.4. The van der Waals surface area contributed by atoms with Crippen molar-refractivity contribution in [3.63, 3.8) is 0 Å². The summed E-state index contributed by atoms with van der Waals surface area (Å²) in [5.41, 5.74) is -1.26. The SMILES string of the molecule is CNCCCCC(=O)OCC(O)COCCC[Si](OC(C)(C)C)(OC(C)(C)C)OC(C)(C)C. The molecule has 198 valence electrons. The fraction of sp³-hybridized carbons (Fsp3) is 0.958. The number of carbonyl (C=O) groups excluding carboxylic acids is 1. The van der Waals surface area contributed by atoms with Crippen molar-refractivity contribution in [2.45, 2.75) is 117 Å². The minimum atomic E-state index is -3.04. The van der Waals surface area contributed by atoms with Crippen molar-refractivity contribution >= 4 is 14.8 Å². The summed E-state index contributed by atoms with van der Waals surface area (Å²) in [5, 5.41) is 13.1. The van der Waals surface area contributed by atoms with E-state index in [0.29, 0.717) is 25.5 Å². The number of hydrogen-bond acceptors (Lipinski definition) is 8. The van der Waals surface area contributed by atoms with Gasteiger partial charge < -0.3 is 33.2 Å². The zero-order valence-electron chi connectivity index (χ0n) is 22.8. The molecule has 0 fully saturated rings. The van der Waals surface area contributed by atoms with Gasteiger partial charge in [0.25, 0.3) is 0 Å². The third kappa shape index (κ3) is 19.4. The fourth-order valence-electron chi connectivity index (χ4n) is 3.11. The highest BCUT2D eigenvalue weighted by molar-refractivity contribution is 6.61. The highest BCUT2D eigenvalue weighted by Gasteiger charge is 2.49. The van der Waals surface area contributed by atoms with E-state index in [4.69, 9.17) is 22.8 Å². The summed E-state index contributed by atoms with van der Waals surface area (Å²) in [6.45, 7) is 19.3. The van der Waals surface area contributed by atoms with E-state index in [0.717, 1.165) is 19.4 Å². The van der Waals surface area contributed by atoms with Crippen LogP contribution in [0.4, 0.5) is 0 Å². The number of ether oxygens (including phenoxy) is 2. The molecule has 1 unspecified atom stereocenters. The van der Waals surface area contributed by atoms with Crippen LogP contribution in [0.3, 0.4) is 0 Å². The molecule has 0 radical (unpaired) electrons. The molecule has 0 saturated carbocycles. The van der Waals surface area contributed by atoms with Crippen LogP contribution < -0.4 is 5.32 Å². The number of aliphatic hydroxyl groups is 1. The van der Waals surface area contributed by atoms with Crippen molar-refractivity contribution in [1.82, 2.24) is 5.32 Å². The Kier molecular flexibility index (Phi) is 14.5. The quantitative estimate of drug-likeness (QED) is 0.189. The predicted molar refractivity (Wildman–Crippen MR) is 133 cm³/mol. The molecule has 9 heteroatoms. The second-order valence-corrected chi connectivity index (χ2v) is 13.9. The number of rotatable bonds is 16. The summed E-state index contributed by atoms with van der Waals surface area (Å²) in [4.78, 5) is 11.7. The highest BCUT2D eigenvalue weighted by Crippen LogP contribution is 2.32. The van der Waals surface area contributed by atoms with Gasteiger partial charge in [0, 0.05) is 19.1 Å². The lowest BCUT2D eigenvalue weighted by atomic mass is 10.2. The molecular formula is C24H51NO7Si. The van der Waals surface area contributed by atoms with Crippen molar-refractivity contribution in [2.24, 2.45) is 0 Å². The smallest absolute Gasteiger partial charge is 0.463 e. The van der Waals surface area contributed by atoms with Gasteiger partial charge >= 0.3 is 14.8 Å².